The highest BCUT2D eigenvalue weighted by atomic mass is 16.5. The summed E-state index contributed by atoms with van der Waals surface area (Å²) in [6.45, 7) is 3.78. The van der Waals surface area contributed by atoms with Gasteiger partial charge in [0.2, 0.25) is 0 Å². The molecular weight excluding hydrogens is 296 g/mol. The van der Waals surface area contributed by atoms with Crippen molar-refractivity contribution in [3.8, 4) is 0 Å². The fourth-order valence-corrected chi connectivity index (χ4v) is 1.90. The number of hydrogen-bond acceptors (Lipinski definition) is 4. The van der Waals surface area contributed by atoms with Crippen LogP contribution in [0.15, 0.2) is 47.4 Å². The second-order valence-corrected chi connectivity index (χ2v) is 5.16. The van der Waals surface area contributed by atoms with Crippen LogP contribution in [0, 0.1) is 6.92 Å². The van der Waals surface area contributed by atoms with Crippen LogP contribution in [0.2, 0.25) is 0 Å². The molecule has 0 aliphatic carbocycles. The lowest BCUT2D eigenvalue weighted by Gasteiger charge is -2.13. The van der Waals surface area contributed by atoms with Crippen LogP contribution in [0.4, 0.5) is 0 Å². The first-order chi connectivity index (χ1) is 11.0. The number of pyridine rings is 1. The topological polar surface area (TPSA) is 88.3 Å². The highest BCUT2D eigenvalue weighted by molar-refractivity contribution is 5.91. The van der Waals surface area contributed by atoms with Gasteiger partial charge in [0.25, 0.3) is 11.5 Å². The van der Waals surface area contributed by atoms with Crippen molar-refractivity contribution >= 4 is 11.9 Å². The molecule has 0 bridgehead atoms. The maximum Gasteiger partial charge on any atom is 0.344 e. The molecule has 0 fully saturated rings. The molecule has 1 amide bonds. The Morgan fingerprint density at radius 3 is 2.57 bits per heavy atom. The number of esters is 1. The van der Waals surface area contributed by atoms with Crippen molar-refractivity contribution in [3.05, 3.63) is 69.6 Å². The zero-order chi connectivity index (χ0) is 16.8. The summed E-state index contributed by atoms with van der Waals surface area (Å²) in [6.07, 6.45) is 0.421. The summed E-state index contributed by atoms with van der Waals surface area (Å²) >= 11 is 0. The summed E-state index contributed by atoms with van der Waals surface area (Å²) in [5, 5.41) is 2.69. The standard InChI is InChI=1S/C17H18N2O4/c1-11-5-7-13(8-6-11)10-19-15(20)12(2)23-17(22)14-4-3-9-18-16(14)21/h3-9,12H,10H2,1-2H3,(H,18,21)(H,19,20)/t12-/m1/s1. The Hall–Kier alpha value is -2.89. The van der Waals surface area contributed by atoms with Gasteiger partial charge in [-0.15, -0.1) is 0 Å². The average Bonchev–Trinajstić information content (AvgIpc) is 2.54. The maximum absolute atomic E-state index is 12.0. The van der Waals surface area contributed by atoms with Crippen LogP contribution >= 0.6 is 0 Å². The van der Waals surface area contributed by atoms with E-state index >= 15 is 0 Å². The zero-order valence-corrected chi connectivity index (χ0v) is 13.0. The molecule has 120 valence electrons. The number of H-pyrrole nitrogens is 1. The molecule has 1 aromatic carbocycles. The van der Waals surface area contributed by atoms with Crippen molar-refractivity contribution in [1.29, 1.82) is 0 Å². The van der Waals surface area contributed by atoms with E-state index in [1.807, 2.05) is 31.2 Å². The number of rotatable bonds is 5. The Bertz CT molecular complexity index is 750. The van der Waals surface area contributed by atoms with Crippen LogP contribution in [0.1, 0.15) is 28.4 Å². The summed E-state index contributed by atoms with van der Waals surface area (Å²) in [4.78, 5) is 37.7. The highest BCUT2D eigenvalue weighted by Crippen LogP contribution is 2.04. The SMILES string of the molecule is Cc1ccc(CNC(=O)[C@@H](C)OC(=O)c2ccc[nH]c2=O)cc1. The highest BCUT2D eigenvalue weighted by Gasteiger charge is 2.20. The van der Waals surface area contributed by atoms with Crippen molar-refractivity contribution < 1.29 is 14.3 Å². The third-order valence-electron chi connectivity index (χ3n) is 3.28. The van der Waals surface area contributed by atoms with Gasteiger partial charge in [-0.05, 0) is 31.5 Å². The maximum atomic E-state index is 12.0. The van der Waals surface area contributed by atoms with Crippen LogP contribution in [0.3, 0.4) is 0 Å². The molecule has 0 aliphatic rings. The number of aryl methyl sites for hydroxylation is 1. The molecular formula is C17H18N2O4. The molecule has 2 aromatic rings. The molecule has 0 aliphatic heterocycles. The first kappa shape index (κ1) is 16.5. The predicted molar refractivity (Wildman–Crippen MR) is 85.0 cm³/mol. The Morgan fingerprint density at radius 2 is 1.91 bits per heavy atom. The van der Waals surface area contributed by atoms with Gasteiger partial charge >= 0.3 is 5.97 Å². The first-order valence-electron chi connectivity index (χ1n) is 7.19. The monoisotopic (exact) mass is 314 g/mol. The molecule has 1 atom stereocenters. The molecule has 23 heavy (non-hydrogen) atoms. The van der Waals surface area contributed by atoms with Crippen LogP contribution in [0.5, 0.6) is 0 Å². The van der Waals surface area contributed by atoms with Gasteiger partial charge in [0.05, 0.1) is 0 Å². The van der Waals surface area contributed by atoms with Crippen molar-refractivity contribution in [1.82, 2.24) is 10.3 Å². The lowest BCUT2D eigenvalue weighted by Crippen LogP contribution is -2.36. The van der Waals surface area contributed by atoms with Gasteiger partial charge in [-0.25, -0.2) is 4.79 Å². The fourth-order valence-electron chi connectivity index (χ4n) is 1.90. The van der Waals surface area contributed by atoms with E-state index in [1.54, 1.807) is 0 Å². The smallest absolute Gasteiger partial charge is 0.344 e. The van der Waals surface area contributed by atoms with Gasteiger partial charge in [-0.1, -0.05) is 29.8 Å². The lowest BCUT2D eigenvalue weighted by molar-refractivity contribution is -0.129. The number of nitrogens with one attached hydrogen (secondary N) is 2. The van der Waals surface area contributed by atoms with Gasteiger partial charge < -0.3 is 15.0 Å². The van der Waals surface area contributed by atoms with E-state index in [0.29, 0.717) is 6.54 Å². The van der Waals surface area contributed by atoms with E-state index in [4.69, 9.17) is 4.74 Å². The summed E-state index contributed by atoms with van der Waals surface area (Å²) in [6, 6.07) is 10.6. The van der Waals surface area contributed by atoms with E-state index in [9.17, 15) is 14.4 Å². The van der Waals surface area contributed by atoms with Gasteiger partial charge in [-0.3, -0.25) is 9.59 Å². The summed E-state index contributed by atoms with van der Waals surface area (Å²) < 4.78 is 5.02. The average molecular weight is 314 g/mol. The van der Waals surface area contributed by atoms with E-state index in [-0.39, 0.29) is 5.56 Å². The van der Waals surface area contributed by atoms with Crippen molar-refractivity contribution in [2.75, 3.05) is 0 Å². The van der Waals surface area contributed by atoms with E-state index in [0.717, 1.165) is 11.1 Å². The van der Waals surface area contributed by atoms with Crippen molar-refractivity contribution in [2.45, 2.75) is 26.5 Å². The van der Waals surface area contributed by atoms with Crippen LogP contribution in [0.25, 0.3) is 0 Å². The lowest BCUT2D eigenvalue weighted by atomic mass is 10.1. The summed E-state index contributed by atoms with van der Waals surface area (Å²) in [7, 11) is 0. The number of benzene rings is 1. The van der Waals surface area contributed by atoms with Gasteiger partial charge in [-0.2, -0.15) is 0 Å². The number of carbonyl (C=O) groups excluding carboxylic acids is 2. The molecule has 1 aromatic heterocycles. The minimum Gasteiger partial charge on any atom is -0.449 e. The van der Waals surface area contributed by atoms with Crippen LogP contribution in [-0.2, 0) is 16.1 Å². The number of amides is 1. The van der Waals surface area contributed by atoms with Crippen molar-refractivity contribution in [3.63, 3.8) is 0 Å². The van der Waals surface area contributed by atoms with Crippen LogP contribution < -0.4 is 10.9 Å². The third-order valence-corrected chi connectivity index (χ3v) is 3.28. The Labute approximate surface area is 133 Å². The minimum absolute atomic E-state index is 0.134. The summed E-state index contributed by atoms with van der Waals surface area (Å²) in [5.41, 5.74) is 1.40. The van der Waals surface area contributed by atoms with Gasteiger partial charge in [0.15, 0.2) is 6.10 Å². The fraction of sp³-hybridized carbons (Fsp3) is 0.235. The molecule has 0 unspecified atom stereocenters. The molecule has 0 radical (unpaired) electrons. The predicted octanol–water partition coefficient (Wildman–Crippen LogP) is 1.55. The van der Waals surface area contributed by atoms with E-state index in [2.05, 4.69) is 10.3 Å². The quantitative estimate of drug-likeness (QED) is 0.820. The van der Waals surface area contributed by atoms with E-state index in [1.165, 1.54) is 25.3 Å². The van der Waals surface area contributed by atoms with Crippen molar-refractivity contribution in [2.24, 2.45) is 0 Å². The molecule has 2 rings (SSSR count). The minimum atomic E-state index is -0.993. The molecule has 1 heterocycles. The van der Waals surface area contributed by atoms with E-state index < -0.39 is 23.5 Å². The Kier molecular flexibility index (Phi) is 5.30. The van der Waals surface area contributed by atoms with Crippen LogP contribution in [-0.4, -0.2) is 23.0 Å². The number of carbonyl (C=O) groups is 2. The second kappa shape index (κ2) is 7.40. The Morgan fingerprint density at radius 1 is 1.22 bits per heavy atom. The normalized spacial score (nSPS) is 11.6. The summed E-state index contributed by atoms with van der Waals surface area (Å²) in [5.74, 6) is -1.25. The molecule has 0 spiro atoms. The molecule has 6 heteroatoms. The van der Waals surface area contributed by atoms with Gasteiger partial charge in [0, 0.05) is 12.7 Å². The zero-order valence-electron chi connectivity index (χ0n) is 13.0. The third kappa shape index (κ3) is 4.54. The largest absolute Gasteiger partial charge is 0.449 e. The van der Waals surface area contributed by atoms with Gasteiger partial charge in [0.1, 0.15) is 5.56 Å². The Balaban J connectivity index is 1.90. The number of hydrogen-bond donors (Lipinski definition) is 2. The second-order valence-electron chi connectivity index (χ2n) is 5.16. The molecule has 0 saturated carbocycles. The number of aromatic nitrogens is 1. The number of aromatic amines is 1. The first-order valence-corrected chi connectivity index (χ1v) is 7.19. The molecule has 6 nitrogen and oxygen atoms in total. The molecule has 0 saturated heterocycles. The molecule has 2 N–H and O–H groups in total. The number of ether oxygens (including phenoxy) is 1.